The van der Waals surface area contributed by atoms with Crippen LogP contribution in [-0.2, 0) is 14.3 Å². The van der Waals surface area contributed by atoms with Crippen molar-refractivity contribution in [1.29, 1.82) is 0 Å². The Hall–Kier alpha value is -0.590. The molecule has 0 aromatic heterocycles. The molecular weight excluding hydrogens is 192 g/mol. The molecule has 5 nitrogen and oxygen atoms in total. The van der Waals surface area contributed by atoms with Crippen molar-refractivity contribution >= 4 is 24.4 Å². The summed E-state index contributed by atoms with van der Waals surface area (Å²) >= 11 is 4.04. The second-order valence-electron chi connectivity index (χ2n) is 2.60. The van der Waals surface area contributed by atoms with E-state index in [0.29, 0.717) is 0 Å². The summed E-state index contributed by atoms with van der Waals surface area (Å²) in [7, 11) is 0. The SMILES string of the molecule is CCOC(=O)C1NC(S)NCC1=O. The van der Waals surface area contributed by atoms with Gasteiger partial charge in [-0.25, -0.2) is 4.79 Å². The summed E-state index contributed by atoms with van der Waals surface area (Å²) in [4.78, 5) is 22.4. The molecule has 74 valence electrons. The monoisotopic (exact) mass is 204 g/mol. The van der Waals surface area contributed by atoms with E-state index < -0.39 is 12.0 Å². The van der Waals surface area contributed by atoms with Crippen molar-refractivity contribution in [2.24, 2.45) is 0 Å². The van der Waals surface area contributed by atoms with Crippen LogP contribution in [0.4, 0.5) is 0 Å². The zero-order chi connectivity index (χ0) is 9.84. The summed E-state index contributed by atoms with van der Waals surface area (Å²) in [6, 6.07) is -0.872. The van der Waals surface area contributed by atoms with Gasteiger partial charge in [-0.3, -0.25) is 15.4 Å². The molecule has 2 atom stereocenters. The highest BCUT2D eigenvalue weighted by atomic mass is 32.1. The molecule has 1 heterocycles. The Labute approximate surface area is 81.6 Å². The van der Waals surface area contributed by atoms with Crippen LogP contribution in [0.1, 0.15) is 6.92 Å². The largest absolute Gasteiger partial charge is 0.464 e. The van der Waals surface area contributed by atoms with Crippen molar-refractivity contribution < 1.29 is 14.3 Å². The molecule has 1 aliphatic heterocycles. The highest BCUT2D eigenvalue weighted by Gasteiger charge is 2.32. The number of rotatable bonds is 2. The molecular formula is C7H12N2O3S. The third-order valence-electron chi connectivity index (χ3n) is 1.64. The number of ether oxygens (including phenoxy) is 1. The fourth-order valence-corrected chi connectivity index (χ4v) is 1.27. The lowest BCUT2D eigenvalue weighted by Crippen LogP contribution is -2.60. The molecule has 0 saturated carbocycles. The molecule has 0 spiro atoms. The predicted molar refractivity (Wildman–Crippen MR) is 49.3 cm³/mol. The summed E-state index contributed by atoms with van der Waals surface area (Å²) in [5.41, 5.74) is -0.341. The van der Waals surface area contributed by atoms with Crippen LogP contribution in [-0.4, -0.2) is 36.4 Å². The minimum atomic E-state index is -0.872. The van der Waals surface area contributed by atoms with Crippen molar-refractivity contribution in [3.8, 4) is 0 Å². The second kappa shape index (κ2) is 4.59. The van der Waals surface area contributed by atoms with Crippen molar-refractivity contribution in [3.05, 3.63) is 0 Å². The summed E-state index contributed by atoms with van der Waals surface area (Å²) in [5.74, 6) is -0.753. The Morgan fingerprint density at radius 1 is 1.77 bits per heavy atom. The molecule has 1 fully saturated rings. The lowest BCUT2D eigenvalue weighted by Gasteiger charge is -2.26. The molecule has 1 aliphatic rings. The van der Waals surface area contributed by atoms with Gasteiger partial charge in [0.1, 0.15) is 5.50 Å². The molecule has 2 N–H and O–H groups in total. The van der Waals surface area contributed by atoms with Crippen molar-refractivity contribution in [1.82, 2.24) is 10.6 Å². The molecule has 13 heavy (non-hydrogen) atoms. The summed E-state index contributed by atoms with van der Waals surface area (Å²) < 4.78 is 4.72. The van der Waals surface area contributed by atoms with Crippen LogP contribution in [0.5, 0.6) is 0 Å². The first-order chi connectivity index (χ1) is 6.15. The zero-order valence-corrected chi connectivity index (χ0v) is 8.14. The fraction of sp³-hybridized carbons (Fsp3) is 0.714. The molecule has 0 radical (unpaired) electrons. The van der Waals surface area contributed by atoms with Crippen LogP contribution in [0, 0.1) is 0 Å². The van der Waals surface area contributed by atoms with Gasteiger partial charge in [0, 0.05) is 0 Å². The van der Waals surface area contributed by atoms with Gasteiger partial charge in [-0.1, -0.05) is 0 Å². The van der Waals surface area contributed by atoms with Crippen LogP contribution >= 0.6 is 12.6 Å². The van der Waals surface area contributed by atoms with E-state index in [2.05, 4.69) is 23.3 Å². The van der Waals surface area contributed by atoms with E-state index in [0.717, 1.165) is 0 Å². The number of hydrogen-bond donors (Lipinski definition) is 3. The second-order valence-corrected chi connectivity index (χ2v) is 3.12. The summed E-state index contributed by atoms with van der Waals surface area (Å²) in [6.45, 7) is 2.11. The van der Waals surface area contributed by atoms with Gasteiger partial charge >= 0.3 is 5.97 Å². The molecule has 2 unspecified atom stereocenters. The van der Waals surface area contributed by atoms with Gasteiger partial charge in [-0.15, -0.1) is 12.6 Å². The number of carbonyl (C=O) groups excluding carboxylic acids is 2. The highest BCUT2D eigenvalue weighted by Crippen LogP contribution is 2.00. The Morgan fingerprint density at radius 3 is 3.08 bits per heavy atom. The van der Waals surface area contributed by atoms with Crippen LogP contribution in [0.2, 0.25) is 0 Å². The number of ketones is 1. The average Bonchev–Trinajstić information content (AvgIpc) is 2.09. The first kappa shape index (κ1) is 10.5. The lowest BCUT2D eigenvalue weighted by atomic mass is 10.1. The molecule has 0 bridgehead atoms. The van der Waals surface area contributed by atoms with Crippen molar-refractivity contribution in [2.45, 2.75) is 18.5 Å². The number of Topliss-reactive ketones (excluding diaryl/α,β-unsaturated/α-hetero) is 1. The van der Waals surface area contributed by atoms with E-state index in [4.69, 9.17) is 4.74 Å². The molecule has 0 aromatic carbocycles. The Morgan fingerprint density at radius 2 is 2.46 bits per heavy atom. The third-order valence-corrected chi connectivity index (χ3v) is 1.97. The van der Waals surface area contributed by atoms with Crippen LogP contribution in [0.25, 0.3) is 0 Å². The van der Waals surface area contributed by atoms with Gasteiger partial charge in [0.05, 0.1) is 13.2 Å². The van der Waals surface area contributed by atoms with E-state index >= 15 is 0 Å². The zero-order valence-electron chi connectivity index (χ0n) is 7.24. The van der Waals surface area contributed by atoms with Gasteiger partial charge in [-0.05, 0) is 6.92 Å². The average molecular weight is 204 g/mol. The minimum absolute atomic E-state index is 0.143. The fourth-order valence-electron chi connectivity index (χ4n) is 1.03. The highest BCUT2D eigenvalue weighted by molar-refractivity contribution is 7.80. The van der Waals surface area contributed by atoms with Crippen LogP contribution in [0.3, 0.4) is 0 Å². The van der Waals surface area contributed by atoms with Gasteiger partial charge in [-0.2, -0.15) is 0 Å². The van der Waals surface area contributed by atoms with E-state index in [1.165, 1.54) is 0 Å². The molecule has 0 amide bonds. The maximum atomic E-state index is 11.2. The topological polar surface area (TPSA) is 67.4 Å². The molecule has 1 saturated heterocycles. The van der Waals surface area contributed by atoms with E-state index in [-0.39, 0.29) is 24.4 Å². The Balaban J connectivity index is 2.55. The Bertz CT molecular complexity index is 222. The number of hydrogen-bond acceptors (Lipinski definition) is 6. The van der Waals surface area contributed by atoms with Crippen LogP contribution < -0.4 is 10.6 Å². The first-order valence-corrected chi connectivity index (χ1v) is 4.53. The van der Waals surface area contributed by atoms with Gasteiger partial charge in [0.15, 0.2) is 11.8 Å². The number of thiol groups is 1. The smallest absolute Gasteiger partial charge is 0.331 e. The quantitative estimate of drug-likeness (QED) is 0.302. The van der Waals surface area contributed by atoms with Gasteiger partial charge < -0.3 is 4.74 Å². The van der Waals surface area contributed by atoms with E-state index in [9.17, 15) is 9.59 Å². The normalized spacial score (nSPS) is 28.6. The van der Waals surface area contributed by atoms with E-state index in [1.807, 2.05) is 0 Å². The van der Waals surface area contributed by atoms with Crippen LogP contribution in [0.15, 0.2) is 0 Å². The Kier molecular flexibility index (Phi) is 3.71. The summed E-state index contributed by atoms with van der Waals surface area (Å²) in [6.07, 6.45) is 0. The maximum absolute atomic E-state index is 11.2. The standard InChI is InChI=1S/C7H12N2O3S/c1-2-12-6(11)5-4(10)3-8-7(13)9-5/h5,7-9,13H,2-3H2,1H3. The maximum Gasteiger partial charge on any atom is 0.331 e. The molecule has 0 aliphatic carbocycles. The van der Waals surface area contributed by atoms with Gasteiger partial charge in [0.25, 0.3) is 0 Å². The number of nitrogens with one attached hydrogen (secondary N) is 2. The lowest BCUT2D eigenvalue weighted by molar-refractivity contribution is -0.149. The first-order valence-electron chi connectivity index (χ1n) is 4.02. The molecule has 1 rings (SSSR count). The number of carbonyl (C=O) groups is 2. The molecule has 6 heteroatoms. The molecule has 0 aromatic rings. The van der Waals surface area contributed by atoms with Crippen molar-refractivity contribution in [2.75, 3.05) is 13.2 Å². The van der Waals surface area contributed by atoms with Crippen molar-refractivity contribution in [3.63, 3.8) is 0 Å². The predicted octanol–water partition coefficient (Wildman–Crippen LogP) is -1.11. The third kappa shape index (κ3) is 2.68. The number of esters is 1. The minimum Gasteiger partial charge on any atom is -0.464 e. The summed E-state index contributed by atoms with van der Waals surface area (Å²) in [5, 5.41) is 5.43. The van der Waals surface area contributed by atoms with E-state index in [1.54, 1.807) is 6.92 Å². The van der Waals surface area contributed by atoms with Gasteiger partial charge in [0.2, 0.25) is 0 Å².